The second-order valence-electron chi connectivity index (χ2n) is 15.0. The Balaban J connectivity index is 1.30. The zero-order chi connectivity index (χ0) is 36.1. The summed E-state index contributed by atoms with van der Waals surface area (Å²) in [4.78, 5) is 2.46. The highest BCUT2D eigenvalue weighted by molar-refractivity contribution is 6.25. The molecule has 54 heavy (non-hydrogen) atoms. The normalized spacial score (nSPS) is 14.7. The molecule has 0 heterocycles. The molecule has 2 nitrogen and oxygen atoms in total. The third-order valence-corrected chi connectivity index (χ3v) is 11.9. The maximum atomic E-state index is 5.74. The molecule has 2 heteroatoms. The van der Waals surface area contributed by atoms with E-state index in [0.29, 0.717) is 0 Å². The van der Waals surface area contributed by atoms with Crippen LogP contribution in [-0.4, -0.2) is 7.11 Å². The second-order valence-corrected chi connectivity index (χ2v) is 15.0. The van der Waals surface area contributed by atoms with Gasteiger partial charge in [0.1, 0.15) is 5.75 Å². The Bertz CT molecular complexity index is 3030. The summed E-state index contributed by atoms with van der Waals surface area (Å²) in [6, 6.07) is 56.2. The molecular formula is C52H37NO. The largest absolute Gasteiger partial charge is 0.497 e. The van der Waals surface area contributed by atoms with Gasteiger partial charge in [-0.15, -0.1) is 0 Å². The van der Waals surface area contributed by atoms with Crippen molar-refractivity contribution in [3.63, 3.8) is 0 Å². The predicted octanol–water partition coefficient (Wildman–Crippen LogP) is 11.3. The minimum absolute atomic E-state index is 0.524. The lowest BCUT2D eigenvalue weighted by Crippen LogP contribution is -2.35. The van der Waals surface area contributed by atoms with Gasteiger partial charge in [-0.2, -0.15) is 0 Å². The van der Waals surface area contributed by atoms with Crippen LogP contribution in [0.1, 0.15) is 22.3 Å². The quantitative estimate of drug-likeness (QED) is 0.170. The molecule has 0 atom stereocenters. The van der Waals surface area contributed by atoms with Gasteiger partial charge in [-0.3, -0.25) is 0 Å². The molecule has 0 aliphatic heterocycles. The number of rotatable bonds is 4. The number of aryl methyl sites for hydroxylation is 2. The molecule has 1 spiro atoms. The number of allylic oxidation sites excluding steroid dienone is 3. The fraction of sp³-hybridized carbons (Fsp3) is 0.0769. The first-order valence-corrected chi connectivity index (χ1v) is 18.8. The molecule has 8 aromatic carbocycles. The lowest BCUT2D eigenvalue weighted by molar-refractivity contribution is 0.415. The first kappa shape index (κ1) is 30.9. The molecule has 0 unspecified atom stereocenters. The molecule has 3 aliphatic carbocycles. The van der Waals surface area contributed by atoms with Crippen molar-refractivity contribution in [3.05, 3.63) is 208 Å². The standard InChI is InChI=1S/C52H37NO/c1-32-12-10-14-36(24-32)53(37-15-11-13-33(2)25-37)38-27-35-26-34-28-46-40-16-4-5-17-41(40)47-29-39(54-3)22-23-42(47)48(46)30-45(34)51(35)52(31-38)49-20-8-6-18-43(49)44-19-7-9-21-50(44)52/h4-31H,1-3H3. The van der Waals surface area contributed by atoms with Crippen LogP contribution in [0.4, 0.5) is 11.4 Å². The van der Waals surface area contributed by atoms with E-state index in [1.165, 1.54) is 87.3 Å². The van der Waals surface area contributed by atoms with E-state index in [9.17, 15) is 0 Å². The van der Waals surface area contributed by atoms with Gasteiger partial charge in [0, 0.05) is 17.1 Å². The monoisotopic (exact) mass is 691 g/mol. The average Bonchev–Trinajstić information content (AvgIpc) is 3.70. The summed E-state index contributed by atoms with van der Waals surface area (Å²) in [5.74, 6) is 0.871. The number of benzene rings is 8. The Hall–Kier alpha value is -6.64. The highest BCUT2D eigenvalue weighted by Gasteiger charge is 2.48. The summed E-state index contributed by atoms with van der Waals surface area (Å²) in [6.07, 6.45) is 7.44. The summed E-state index contributed by atoms with van der Waals surface area (Å²) < 4.78 is 5.74. The van der Waals surface area contributed by atoms with Crippen LogP contribution < -0.4 is 20.1 Å². The van der Waals surface area contributed by atoms with Crippen LogP contribution in [0.15, 0.2) is 175 Å². The minimum atomic E-state index is -0.524. The number of hydrogen-bond acceptors (Lipinski definition) is 2. The maximum Gasteiger partial charge on any atom is 0.119 e. The van der Waals surface area contributed by atoms with E-state index in [-0.39, 0.29) is 0 Å². The van der Waals surface area contributed by atoms with Crippen LogP contribution >= 0.6 is 0 Å². The molecule has 3 aliphatic rings. The fourth-order valence-electron chi connectivity index (χ4n) is 9.71. The van der Waals surface area contributed by atoms with E-state index >= 15 is 0 Å². The van der Waals surface area contributed by atoms with E-state index in [4.69, 9.17) is 4.74 Å². The maximum absolute atomic E-state index is 5.74. The van der Waals surface area contributed by atoms with Crippen LogP contribution in [0.5, 0.6) is 5.75 Å². The lowest BCUT2D eigenvalue weighted by Gasteiger charge is -2.38. The number of ether oxygens (including phenoxy) is 1. The van der Waals surface area contributed by atoms with Crippen molar-refractivity contribution < 1.29 is 4.74 Å². The van der Waals surface area contributed by atoms with Gasteiger partial charge in [0.05, 0.1) is 12.5 Å². The third kappa shape index (κ3) is 4.28. The van der Waals surface area contributed by atoms with Crippen LogP contribution in [0.2, 0.25) is 0 Å². The van der Waals surface area contributed by atoms with E-state index in [0.717, 1.165) is 22.8 Å². The molecule has 0 aromatic heterocycles. The average molecular weight is 692 g/mol. The van der Waals surface area contributed by atoms with Gasteiger partial charge < -0.3 is 9.64 Å². The Labute approximate surface area is 314 Å². The molecule has 0 saturated carbocycles. The van der Waals surface area contributed by atoms with Gasteiger partial charge in [0.25, 0.3) is 0 Å². The topological polar surface area (TPSA) is 12.5 Å². The molecule has 0 radical (unpaired) electrons. The molecular weight excluding hydrogens is 655 g/mol. The van der Waals surface area contributed by atoms with Crippen molar-refractivity contribution in [1.29, 1.82) is 0 Å². The zero-order valence-electron chi connectivity index (χ0n) is 30.5. The van der Waals surface area contributed by atoms with Crippen LogP contribution in [0.3, 0.4) is 0 Å². The van der Waals surface area contributed by atoms with Gasteiger partial charge in [0.2, 0.25) is 0 Å². The van der Waals surface area contributed by atoms with Crippen molar-refractivity contribution in [2.75, 3.05) is 12.0 Å². The Morgan fingerprint density at radius 3 is 1.70 bits per heavy atom. The van der Waals surface area contributed by atoms with Gasteiger partial charge in [0.15, 0.2) is 0 Å². The molecule has 256 valence electrons. The summed E-state index contributed by atoms with van der Waals surface area (Å²) in [5.41, 5.74) is 13.3. The van der Waals surface area contributed by atoms with Crippen LogP contribution in [0, 0.1) is 13.8 Å². The molecule has 11 rings (SSSR count). The smallest absolute Gasteiger partial charge is 0.119 e. The predicted molar refractivity (Wildman–Crippen MR) is 226 cm³/mol. The molecule has 8 aromatic rings. The molecule has 0 saturated heterocycles. The summed E-state index contributed by atoms with van der Waals surface area (Å²) >= 11 is 0. The molecule has 0 fully saturated rings. The van der Waals surface area contributed by atoms with E-state index in [1.807, 2.05) is 0 Å². The number of methoxy groups -OCH3 is 1. The number of anilines is 2. The van der Waals surface area contributed by atoms with Crippen molar-refractivity contribution in [1.82, 2.24) is 0 Å². The van der Waals surface area contributed by atoms with E-state index in [1.54, 1.807) is 7.11 Å². The zero-order valence-corrected chi connectivity index (χ0v) is 30.5. The first-order chi connectivity index (χ1) is 26.5. The lowest BCUT2D eigenvalue weighted by atomic mass is 9.67. The minimum Gasteiger partial charge on any atom is -0.497 e. The summed E-state index contributed by atoms with van der Waals surface area (Å²) in [5, 5.41) is 10.0. The molecule has 0 amide bonds. The highest BCUT2D eigenvalue weighted by Crippen LogP contribution is 2.58. The molecule has 0 bridgehead atoms. The summed E-state index contributed by atoms with van der Waals surface area (Å²) in [6.45, 7) is 4.36. The van der Waals surface area contributed by atoms with Crippen LogP contribution in [-0.2, 0) is 5.41 Å². The van der Waals surface area contributed by atoms with E-state index in [2.05, 4.69) is 189 Å². The van der Waals surface area contributed by atoms with Gasteiger partial charge >= 0.3 is 0 Å². The fourth-order valence-corrected chi connectivity index (χ4v) is 9.71. The van der Waals surface area contributed by atoms with E-state index < -0.39 is 5.41 Å². The molecule has 0 N–H and O–H groups in total. The SMILES string of the molecule is COc1ccc2c(c1)c1ccccc1c1cc3c(cc21)=C1C(=CC(N(c2cccc(C)c2)c2cccc(C)c2)=CC12c1ccccc1-c1ccccc12)C=3. The van der Waals surface area contributed by atoms with Crippen molar-refractivity contribution in [2.45, 2.75) is 19.3 Å². The van der Waals surface area contributed by atoms with Gasteiger partial charge in [-0.25, -0.2) is 0 Å². The Kier molecular flexibility index (Phi) is 6.55. The number of hydrogen-bond donors (Lipinski definition) is 0. The van der Waals surface area contributed by atoms with Gasteiger partial charge in [-0.05, 0) is 168 Å². The first-order valence-electron chi connectivity index (χ1n) is 18.8. The van der Waals surface area contributed by atoms with Crippen LogP contribution in [0.25, 0.3) is 55.1 Å². The Morgan fingerprint density at radius 1 is 0.500 bits per heavy atom. The second kappa shape index (κ2) is 11.4. The van der Waals surface area contributed by atoms with Crippen molar-refractivity contribution in [2.24, 2.45) is 0 Å². The van der Waals surface area contributed by atoms with Crippen molar-refractivity contribution in [3.8, 4) is 16.9 Å². The number of fused-ring (bicyclic) bond motifs is 14. The summed E-state index contributed by atoms with van der Waals surface area (Å²) in [7, 11) is 1.75. The Morgan fingerprint density at radius 2 is 1.07 bits per heavy atom. The third-order valence-electron chi connectivity index (χ3n) is 11.9. The van der Waals surface area contributed by atoms with Gasteiger partial charge in [-0.1, -0.05) is 103 Å². The highest BCUT2D eigenvalue weighted by atomic mass is 16.5. The van der Waals surface area contributed by atoms with Crippen molar-refractivity contribution >= 4 is 55.3 Å². The number of nitrogens with zero attached hydrogens (tertiary/aromatic N) is 1.